The number of aromatic nitrogens is 2. The molecule has 0 amide bonds. The molecule has 0 spiro atoms. The van der Waals surface area contributed by atoms with E-state index < -0.39 is 6.04 Å². The summed E-state index contributed by atoms with van der Waals surface area (Å²) in [6, 6.07) is 6.94. The first-order valence-electron chi connectivity index (χ1n) is 5.50. The molecule has 0 aliphatic rings. The van der Waals surface area contributed by atoms with Crippen molar-refractivity contribution in [2.75, 3.05) is 7.11 Å². The Kier molecular flexibility index (Phi) is 3.67. The highest BCUT2D eigenvalue weighted by Crippen LogP contribution is 2.28. The van der Waals surface area contributed by atoms with Crippen LogP contribution < -0.4 is 0 Å². The van der Waals surface area contributed by atoms with Crippen LogP contribution in [0, 0.1) is 0 Å². The van der Waals surface area contributed by atoms with Gasteiger partial charge in [-0.05, 0) is 19.1 Å². The molecule has 0 bridgehead atoms. The number of carbonyl (C=O) groups excluding carboxylic acids is 1. The highest BCUT2D eigenvalue weighted by molar-refractivity contribution is 6.33. The number of esters is 1. The number of hydrogen-bond donors (Lipinski definition) is 0. The highest BCUT2D eigenvalue weighted by Gasteiger charge is 2.19. The Balaban J connectivity index is 2.46. The molecule has 0 radical (unpaired) electrons. The van der Waals surface area contributed by atoms with Crippen molar-refractivity contribution < 1.29 is 9.53 Å². The summed E-state index contributed by atoms with van der Waals surface area (Å²) in [5, 5.41) is 0.599. The first-order valence-corrected chi connectivity index (χ1v) is 5.88. The highest BCUT2D eigenvalue weighted by atomic mass is 35.5. The zero-order valence-corrected chi connectivity index (χ0v) is 10.9. The van der Waals surface area contributed by atoms with Gasteiger partial charge in [-0.15, -0.1) is 0 Å². The van der Waals surface area contributed by atoms with Crippen LogP contribution >= 0.6 is 11.6 Å². The van der Waals surface area contributed by atoms with E-state index in [9.17, 15) is 4.79 Å². The van der Waals surface area contributed by atoms with Crippen LogP contribution in [0.5, 0.6) is 0 Å². The number of nitrogens with zero attached hydrogens (tertiary/aromatic N) is 2. The van der Waals surface area contributed by atoms with Crippen LogP contribution in [0.2, 0.25) is 5.02 Å². The van der Waals surface area contributed by atoms with Crippen LogP contribution in [0.15, 0.2) is 36.7 Å². The molecule has 0 saturated heterocycles. The maximum atomic E-state index is 11.6. The number of rotatable bonds is 3. The quantitative estimate of drug-likeness (QED) is 0.801. The van der Waals surface area contributed by atoms with E-state index in [2.05, 4.69) is 4.98 Å². The topological polar surface area (TPSA) is 44.1 Å². The van der Waals surface area contributed by atoms with Gasteiger partial charge < -0.3 is 9.30 Å². The van der Waals surface area contributed by atoms with E-state index in [-0.39, 0.29) is 5.97 Å². The molecule has 1 aromatic carbocycles. The maximum absolute atomic E-state index is 11.6. The van der Waals surface area contributed by atoms with Crippen molar-refractivity contribution in [1.29, 1.82) is 0 Å². The molecule has 94 valence electrons. The van der Waals surface area contributed by atoms with Crippen LogP contribution in [-0.4, -0.2) is 22.6 Å². The summed E-state index contributed by atoms with van der Waals surface area (Å²) in [6.45, 7) is 1.76. The number of benzene rings is 1. The Morgan fingerprint density at radius 2 is 2.17 bits per heavy atom. The third-order valence-corrected chi connectivity index (χ3v) is 3.07. The number of carbonyl (C=O) groups is 1. The molecule has 1 heterocycles. The molecule has 1 atom stereocenters. The zero-order chi connectivity index (χ0) is 13.1. The fraction of sp³-hybridized carbons (Fsp3) is 0.231. The van der Waals surface area contributed by atoms with Gasteiger partial charge in [-0.2, -0.15) is 0 Å². The van der Waals surface area contributed by atoms with E-state index in [1.807, 2.05) is 18.2 Å². The fourth-order valence-corrected chi connectivity index (χ4v) is 1.98. The van der Waals surface area contributed by atoms with E-state index >= 15 is 0 Å². The standard InChI is InChI=1S/C13H13ClN2O2/c1-9(13(17)18-2)16-8-7-15-12(16)10-5-3-4-6-11(10)14/h3-9H,1-2H3. The molecule has 2 aromatic rings. The van der Waals surface area contributed by atoms with Crippen molar-refractivity contribution in [3.63, 3.8) is 0 Å². The van der Waals surface area contributed by atoms with Gasteiger partial charge in [0.2, 0.25) is 0 Å². The Bertz CT molecular complexity index is 566. The SMILES string of the molecule is COC(=O)C(C)n1ccnc1-c1ccccc1Cl. The molecule has 2 rings (SSSR count). The number of methoxy groups -OCH3 is 1. The van der Waals surface area contributed by atoms with Crippen molar-refractivity contribution in [2.45, 2.75) is 13.0 Å². The van der Waals surface area contributed by atoms with Crippen LogP contribution in [-0.2, 0) is 9.53 Å². The molecule has 0 aliphatic heterocycles. The second-order valence-corrected chi connectivity index (χ2v) is 4.24. The van der Waals surface area contributed by atoms with Gasteiger partial charge >= 0.3 is 5.97 Å². The average molecular weight is 265 g/mol. The van der Waals surface area contributed by atoms with Gasteiger partial charge in [0, 0.05) is 18.0 Å². The summed E-state index contributed by atoms with van der Waals surface area (Å²) in [5.74, 6) is 0.333. The summed E-state index contributed by atoms with van der Waals surface area (Å²) in [6.07, 6.45) is 3.37. The molecule has 0 saturated carbocycles. The first kappa shape index (κ1) is 12.6. The summed E-state index contributed by atoms with van der Waals surface area (Å²) < 4.78 is 6.48. The Labute approximate surface area is 110 Å². The van der Waals surface area contributed by atoms with E-state index in [1.54, 1.807) is 30.0 Å². The summed E-state index contributed by atoms with van der Waals surface area (Å²) in [4.78, 5) is 15.8. The van der Waals surface area contributed by atoms with Gasteiger partial charge in [-0.25, -0.2) is 9.78 Å². The Morgan fingerprint density at radius 1 is 1.44 bits per heavy atom. The lowest BCUT2D eigenvalue weighted by molar-refractivity contribution is -0.143. The monoisotopic (exact) mass is 264 g/mol. The van der Waals surface area contributed by atoms with Crippen LogP contribution in [0.25, 0.3) is 11.4 Å². The molecule has 0 fully saturated rings. The van der Waals surface area contributed by atoms with Crippen molar-refractivity contribution in [3.05, 3.63) is 41.7 Å². The minimum atomic E-state index is -0.441. The van der Waals surface area contributed by atoms with Gasteiger partial charge in [0.15, 0.2) is 0 Å². The smallest absolute Gasteiger partial charge is 0.328 e. The molecule has 1 aromatic heterocycles. The van der Waals surface area contributed by atoms with Crippen LogP contribution in [0.3, 0.4) is 0 Å². The van der Waals surface area contributed by atoms with E-state index in [4.69, 9.17) is 16.3 Å². The van der Waals surface area contributed by atoms with Gasteiger partial charge in [0.1, 0.15) is 11.9 Å². The molecule has 18 heavy (non-hydrogen) atoms. The third kappa shape index (κ3) is 2.24. The van der Waals surface area contributed by atoms with Crippen molar-refractivity contribution in [2.24, 2.45) is 0 Å². The van der Waals surface area contributed by atoms with E-state index in [1.165, 1.54) is 7.11 Å². The lowest BCUT2D eigenvalue weighted by Gasteiger charge is -2.14. The lowest BCUT2D eigenvalue weighted by Crippen LogP contribution is -2.18. The van der Waals surface area contributed by atoms with E-state index in [0.29, 0.717) is 10.8 Å². The molecule has 0 N–H and O–H groups in total. The number of ether oxygens (including phenoxy) is 1. The lowest BCUT2D eigenvalue weighted by atomic mass is 10.2. The first-order chi connectivity index (χ1) is 8.65. The van der Waals surface area contributed by atoms with Crippen molar-refractivity contribution in [1.82, 2.24) is 9.55 Å². The molecule has 0 aliphatic carbocycles. The Morgan fingerprint density at radius 3 is 2.83 bits per heavy atom. The van der Waals surface area contributed by atoms with Gasteiger partial charge in [-0.1, -0.05) is 23.7 Å². The zero-order valence-electron chi connectivity index (χ0n) is 10.1. The second-order valence-electron chi connectivity index (χ2n) is 3.84. The minimum Gasteiger partial charge on any atom is -0.467 e. The average Bonchev–Trinajstić information content (AvgIpc) is 2.86. The summed E-state index contributed by atoms with van der Waals surface area (Å²) in [5.41, 5.74) is 0.792. The van der Waals surface area contributed by atoms with Crippen LogP contribution in [0.4, 0.5) is 0 Å². The van der Waals surface area contributed by atoms with Gasteiger partial charge in [0.25, 0.3) is 0 Å². The molecule has 1 unspecified atom stereocenters. The second kappa shape index (κ2) is 5.23. The summed E-state index contributed by atoms with van der Waals surface area (Å²) >= 11 is 6.14. The Hall–Kier alpha value is -1.81. The van der Waals surface area contributed by atoms with Crippen molar-refractivity contribution in [3.8, 4) is 11.4 Å². The molecule has 4 nitrogen and oxygen atoms in total. The predicted octanol–water partition coefficient (Wildman–Crippen LogP) is 2.94. The molecular formula is C13H13ClN2O2. The van der Waals surface area contributed by atoms with E-state index in [0.717, 1.165) is 5.56 Å². The largest absolute Gasteiger partial charge is 0.467 e. The molecule has 5 heteroatoms. The summed E-state index contributed by atoms with van der Waals surface area (Å²) in [7, 11) is 1.37. The number of hydrogen-bond acceptors (Lipinski definition) is 3. The van der Waals surface area contributed by atoms with Gasteiger partial charge in [0.05, 0.1) is 12.1 Å². The number of halogens is 1. The third-order valence-electron chi connectivity index (χ3n) is 2.74. The van der Waals surface area contributed by atoms with Crippen LogP contribution in [0.1, 0.15) is 13.0 Å². The fourth-order valence-electron chi connectivity index (χ4n) is 1.76. The normalized spacial score (nSPS) is 12.2. The predicted molar refractivity (Wildman–Crippen MR) is 69.4 cm³/mol. The minimum absolute atomic E-state index is 0.318. The van der Waals surface area contributed by atoms with Gasteiger partial charge in [-0.3, -0.25) is 0 Å². The maximum Gasteiger partial charge on any atom is 0.328 e. The number of imidazole rings is 1. The molecular weight excluding hydrogens is 252 g/mol. The van der Waals surface area contributed by atoms with Crippen molar-refractivity contribution >= 4 is 17.6 Å².